The predicted molar refractivity (Wildman–Crippen MR) is 104 cm³/mol. The van der Waals surface area contributed by atoms with Gasteiger partial charge in [-0.15, -0.1) is 0 Å². The number of carbonyl (C=O) groups is 2. The van der Waals surface area contributed by atoms with Crippen LogP contribution in [0.4, 0.5) is 0 Å². The fourth-order valence-corrected chi connectivity index (χ4v) is 4.08. The number of likely N-dealkylation sites (tertiary alicyclic amines) is 2. The molecule has 2 aromatic rings. The van der Waals surface area contributed by atoms with Crippen molar-refractivity contribution in [2.45, 2.75) is 38.1 Å². The first-order valence-corrected chi connectivity index (χ1v) is 9.82. The topological polar surface area (TPSA) is 53.5 Å². The summed E-state index contributed by atoms with van der Waals surface area (Å²) in [5, 5.41) is 0. The summed E-state index contributed by atoms with van der Waals surface area (Å²) in [7, 11) is 0. The molecule has 27 heavy (non-hydrogen) atoms. The summed E-state index contributed by atoms with van der Waals surface area (Å²) in [5.41, 5.74) is 2.59. The number of aromatic nitrogens is 1. The van der Waals surface area contributed by atoms with Gasteiger partial charge in [0.1, 0.15) is 5.69 Å². The lowest BCUT2D eigenvalue weighted by Crippen LogP contribution is -2.50. The van der Waals surface area contributed by atoms with E-state index >= 15 is 0 Å². The van der Waals surface area contributed by atoms with Crippen molar-refractivity contribution in [3.8, 4) is 11.1 Å². The lowest BCUT2D eigenvalue weighted by molar-refractivity contribution is -0.136. The summed E-state index contributed by atoms with van der Waals surface area (Å²) < 4.78 is 0. The van der Waals surface area contributed by atoms with Gasteiger partial charge in [0, 0.05) is 43.9 Å². The van der Waals surface area contributed by atoms with E-state index in [2.05, 4.69) is 4.98 Å². The molecule has 140 valence electrons. The monoisotopic (exact) mass is 363 g/mol. The van der Waals surface area contributed by atoms with Gasteiger partial charge >= 0.3 is 0 Å². The van der Waals surface area contributed by atoms with Crippen LogP contribution >= 0.6 is 0 Å². The molecular weight excluding hydrogens is 338 g/mol. The summed E-state index contributed by atoms with van der Waals surface area (Å²) in [6, 6.07) is 14.1. The highest BCUT2D eigenvalue weighted by Gasteiger charge is 2.31. The average Bonchev–Trinajstić information content (AvgIpc) is 2.74. The molecule has 1 aromatic heterocycles. The van der Waals surface area contributed by atoms with Crippen LogP contribution in [-0.2, 0) is 4.79 Å². The largest absolute Gasteiger partial charge is 0.340 e. The van der Waals surface area contributed by atoms with Crippen molar-refractivity contribution in [1.29, 1.82) is 0 Å². The van der Waals surface area contributed by atoms with Gasteiger partial charge in [-0.05, 0) is 37.3 Å². The van der Waals surface area contributed by atoms with Crippen LogP contribution in [0.2, 0.25) is 0 Å². The lowest BCUT2D eigenvalue weighted by Gasteiger charge is -2.40. The maximum atomic E-state index is 12.8. The summed E-state index contributed by atoms with van der Waals surface area (Å²) in [6.45, 7) is 2.25. The minimum Gasteiger partial charge on any atom is -0.340 e. The number of rotatable bonds is 3. The van der Waals surface area contributed by atoms with Crippen molar-refractivity contribution >= 4 is 11.8 Å². The van der Waals surface area contributed by atoms with Gasteiger partial charge in [-0.2, -0.15) is 0 Å². The van der Waals surface area contributed by atoms with E-state index in [1.807, 2.05) is 52.3 Å². The van der Waals surface area contributed by atoms with E-state index in [4.69, 9.17) is 0 Å². The van der Waals surface area contributed by atoms with Gasteiger partial charge in [0.2, 0.25) is 5.91 Å². The summed E-state index contributed by atoms with van der Waals surface area (Å²) in [4.78, 5) is 33.2. The van der Waals surface area contributed by atoms with Crippen molar-refractivity contribution in [1.82, 2.24) is 14.8 Å². The highest BCUT2D eigenvalue weighted by atomic mass is 16.2. The number of benzene rings is 1. The van der Waals surface area contributed by atoms with Crippen LogP contribution in [0.15, 0.2) is 48.7 Å². The molecule has 2 aliphatic rings. The molecule has 2 saturated heterocycles. The standard InChI is InChI=1S/C22H25N3O2/c26-21-8-4-5-13-25(21)19-11-14-24(15-12-19)22(27)20-10-9-18(16-23-20)17-6-2-1-3-7-17/h1-3,6-7,9-10,16,19H,4-5,8,11-15H2. The van der Waals surface area contributed by atoms with Crippen LogP contribution in [0.25, 0.3) is 11.1 Å². The van der Waals surface area contributed by atoms with Gasteiger partial charge in [-0.1, -0.05) is 36.4 Å². The number of hydrogen-bond acceptors (Lipinski definition) is 3. The fraction of sp³-hybridized carbons (Fsp3) is 0.409. The second-order valence-electron chi connectivity index (χ2n) is 7.37. The Morgan fingerprint density at radius 3 is 2.37 bits per heavy atom. The van der Waals surface area contributed by atoms with Crippen LogP contribution in [0.5, 0.6) is 0 Å². The molecule has 2 amide bonds. The van der Waals surface area contributed by atoms with E-state index in [9.17, 15) is 9.59 Å². The smallest absolute Gasteiger partial charge is 0.272 e. The second kappa shape index (κ2) is 7.91. The summed E-state index contributed by atoms with van der Waals surface area (Å²) >= 11 is 0. The molecule has 0 bridgehead atoms. The van der Waals surface area contributed by atoms with Gasteiger partial charge in [-0.3, -0.25) is 14.6 Å². The molecule has 0 saturated carbocycles. The zero-order chi connectivity index (χ0) is 18.6. The van der Waals surface area contributed by atoms with Crippen molar-refractivity contribution in [3.63, 3.8) is 0 Å². The minimum atomic E-state index is -0.0157. The molecule has 4 rings (SSSR count). The van der Waals surface area contributed by atoms with Crippen LogP contribution in [0.3, 0.4) is 0 Å². The van der Waals surface area contributed by atoms with Crippen molar-refractivity contribution in [3.05, 3.63) is 54.4 Å². The van der Waals surface area contributed by atoms with E-state index < -0.39 is 0 Å². The molecule has 5 heteroatoms. The van der Waals surface area contributed by atoms with Crippen molar-refractivity contribution in [2.75, 3.05) is 19.6 Å². The molecule has 1 aromatic carbocycles. The number of piperidine rings is 2. The molecule has 0 unspecified atom stereocenters. The molecule has 2 fully saturated rings. The quantitative estimate of drug-likeness (QED) is 0.840. The number of pyridine rings is 1. The van der Waals surface area contributed by atoms with Crippen LogP contribution in [0, 0.1) is 0 Å². The molecule has 0 aliphatic carbocycles. The first-order valence-electron chi connectivity index (χ1n) is 9.82. The summed E-state index contributed by atoms with van der Waals surface area (Å²) in [5.74, 6) is 0.266. The Bertz CT molecular complexity index is 796. The van der Waals surface area contributed by atoms with E-state index in [1.54, 1.807) is 6.20 Å². The summed E-state index contributed by atoms with van der Waals surface area (Å²) in [6.07, 6.45) is 6.28. The Kier molecular flexibility index (Phi) is 5.19. The Hall–Kier alpha value is -2.69. The molecule has 0 radical (unpaired) electrons. The van der Waals surface area contributed by atoms with E-state index in [1.165, 1.54) is 0 Å². The zero-order valence-electron chi connectivity index (χ0n) is 15.5. The zero-order valence-corrected chi connectivity index (χ0v) is 15.5. The number of nitrogens with zero attached hydrogens (tertiary/aromatic N) is 3. The van der Waals surface area contributed by atoms with Crippen molar-refractivity contribution in [2.24, 2.45) is 0 Å². The second-order valence-corrected chi connectivity index (χ2v) is 7.37. The maximum Gasteiger partial charge on any atom is 0.272 e. The van der Waals surface area contributed by atoms with E-state index in [-0.39, 0.29) is 17.9 Å². The Labute approximate surface area is 160 Å². The predicted octanol–water partition coefficient (Wildman–Crippen LogP) is 3.37. The van der Waals surface area contributed by atoms with Gasteiger partial charge < -0.3 is 9.80 Å². The third-order valence-electron chi connectivity index (χ3n) is 5.64. The fourth-order valence-electron chi connectivity index (χ4n) is 4.08. The van der Waals surface area contributed by atoms with Crippen LogP contribution in [0.1, 0.15) is 42.6 Å². The normalized spacial score (nSPS) is 18.6. The van der Waals surface area contributed by atoms with Gasteiger partial charge in [0.25, 0.3) is 5.91 Å². The molecule has 5 nitrogen and oxygen atoms in total. The first kappa shape index (κ1) is 17.7. The van der Waals surface area contributed by atoms with Crippen molar-refractivity contribution < 1.29 is 9.59 Å². The maximum absolute atomic E-state index is 12.8. The Balaban J connectivity index is 1.37. The third-order valence-corrected chi connectivity index (χ3v) is 5.64. The Morgan fingerprint density at radius 2 is 1.70 bits per heavy atom. The SMILES string of the molecule is O=C(c1ccc(-c2ccccc2)cn1)N1CCC(N2CCCCC2=O)CC1. The first-order chi connectivity index (χ1) is 13.2. The number of amides is 2. The number of carbonyl (C=O) groups excluding carboxylic acids is 2. The van der Waals surface area contributed by atoms with E-state index in [0.29, 0.717) is 25.2 Å². The Morgan fingerprint density at radius 1 is 0.926 bits per heavy atom. The van der Waals surface area contributed by atoms with Gasteiger partial charge in [0.15, 0.2) is 0 Å². The molecule has 0 atom stereocenters. The van der Waals surface area contributed by atoms with Crippen LogP contribution < -0.4 is 0 Å². The van der Waals surface area contributed by atoms with Crippen LogP contribution in [-0.4, -0.2) is 52.3 Å². The van der Waals surface area contributed by atoms with Gasteiger partial charge in [0.05, 0.1) is 0 Å². The molecule has 0 N–H and O–H groups in total. The minimum absolute atomic E-state index is 0.0157. The highest BCUT2D eigenvalue weighted by Crippen LogP contribution is 2.23. The van der Waals surface area contributed by atoms with E-state index in [0.717, 1.165) is 43.4 Å². The molecule has 3 heterocycles. The third kappa shape index (κ3) is 3.87. The molecular formula is C22H25N3O2. The lowest BCUT2D eigenvalue weighted by atomic mass is 9.99. The molecule has 0 spiro atoms. The van der Waals surface area contributed by atoms with Gasteiger partial charge in [-0.25, -0.2) is 0 Å². The molecule has 2 aliphatic heterocycles. The highest BCUT2D eigenvalue weighted by molar-refractivity contribution is 5.92. The average molecular weight is 363 g/mol. The number of hydrogen-bond donors (Lipinski definition) is 0.